The van der Waals surface area contributed by atoms with E-state index >= 15 is 0 Å². The number of benzene rings is 1. The predicted octanol–water partition coefficient (Wildman–Crippen LogP) is 3.64. The van der Waals surface area contributed by atoms with Crippen LogP contribution in [0.4, 0.5) is 4.39 Å². The second kappa shape index (κ2) is 9.00. The van der Waals surface area contributed by atoms with E-state index in [9.17, 15) is 9.18 Å². The lowest BCUT2D eigenvalue weighted by molar-refractivity contribution is -0.122. The molecule has 2 atom stereocenters. The van der Waals surface area contributed by atoms with Crippen molar-refractivity contribution in [3.8, 4) is 0 Å². The summed E-state index contributed by atoms with van der Waals surface area (Å²) < 4.78 is 13.6. The largest absolute Gasteiger partial charge is 0.352 e. The number of carbonyl (C=O) groups is 1. The van der Waals surface area contributed by atoms with E-state index < -0.39 is 5.82 Å². The van der Waals surface area contributed by atoms with E-state index in [-0.39, 0.29) is 23.5 Å². The molecule has 1 amide bonds. The first-order chi connectivity index (χ1) is 10.1. The van der Waals surface area contributed by atoms with Gasteiger partial charge in [0.15, 0.2) is 0 Å². The summed E-state index contributed by atoms with van der Waals surface area (Å²) in [6.45, 7) is 4.17. The van der Waals surface area contributed by atoms with Crippen molar-refractivity contribution >= 4 is 17.5 Å². The summed E-state index contributed by atoms with van der Waals surface area (Å²) >= 11 is 5.68. The van der Waals surface area contributed by atoms with Crippen LogP contribution in [0.1, 0.15) is 45.1 Å². The second-order valence-electron chi connectivity index (χ2n) is 5.13. The van der Waals surface area contributed by atoms with Crippen LogP contribution in [0.5, 0.6) is 0 Å². The van der Waals surface area contributed by atoms with Crippen LogP contribution >= 0.6 is 11.6 Å². The van der Waals surface area contributed by atoms with E-state index in [1.807, 2.05) is 13.8 Å². The standard InChI is InChI=1S/C14H18ClFN2O.C2H6/c15-12-3-1-2-10(14(12)16)8-18-13(19)7-9-4-5-11(17)6-9;1-2/h1-3,9,11H,4-8,17H2,(H,18,19);1-2H3. The number of hydrogen-bond donors (Lipinski definition) is 2. The van der Waals surface area contributed by atoms with E-state index in [0.29, 0.717) is 17.9 Å². The van der Waals surface area contributed by atoms with Crippen LogP contribution in [0.25, 0.3) is 0 Å². The molecule has 0 bridgehead atoms. The van der Waals surface area contributed by atoms with Crippen LogP contribution in [0, 0.1) is 11.7 Å². The Bertz CT molecular complexity index is 468. The average molecular weight is 315 g/mol. The lowest BCUT2D eigenvalue weighted by Crippen LogP contribution is -2.25. The minimum Gasteiger partial charge on any atom is -0.352 e. The molecule has 1 fully saturated rings. The SMILES string of the molecule is CC.NC1CCC(CC(=O)NCc2cccc(Cl)c2F)C1. The van der Waals surface area contributed by atoms with Crippen molar-refractivity contribution in [2.75, 3.05) is 0 Å². The fourth-order valence-electron chi connectivity index (χ4n) is 2.51. The monoisotopic (exact) mass is 314 g/mol. The van der Waals surface area contributed by atoms with Gasteiger partial charge in [0.05, 0.1) is 5.02 Å². The van der Waals surface area contributed by atoms with Gasteiger partial charge in [-0.15, -0.1) is 0 Å². The zero-order valence-corrected chi connectivity index (χ0v) is 13.4. The number of nitrogens with two attached hydrogens (primary N) is 1. The van der Waals surface area contributed by atoms with Crippen LogP contribution in [0.3, 0.4) is 0 Å². The smallest absolute Gasteiger partial charge is 0.220 e. The van der Waals surface area contributed by atoms with E-state index in [0.717, 1.165) is 19.3 Å². The van der Waals surface area contributed by atoms with Crippen molar-refractivity contribution in [2.45, 2.75) is 52.1 Å². The molecule has 1 aromatic rings. The van der Waals surface area contributed by atoms with Gasteiger partial charge in [-0.05, 0) is 31.2 Å². The van der Waals surface area contributed by atoms with Crippen LogP contribution in [0.2, 0.25) is 5.02 Å². The maximum absolute atomic E-state index is 13.6. The molecule has 3 N–H and O–H groups in total. The highest BCUT2D eigenvalue weighted by Gasteiger charge is 2.23. The molecule has 118 valence electrons. The number of amides is 1. The molecule has 0 saturated heterocycles. The first kappa shape index (κ1) is 17.9. The zero-order valence-electron chi connectivity index (χ0n) is 12.7. The van der Waals surface area contributed by atoms with Crippen LogP contribution in [-0.4, -0.2) is 11.9 Å². The number of nitrogens with one attached hydrogen (secondary N) is 1. The van der Waals surface area contributed by atoms with E-state index in [1.54, 1.807) is 12.1 Å². The summed E-state index contributed by atoms with van der Waals surface area (Å²) in [7, 11) is 0. The summed E-state index contributed by atoms with van der Waals surface area (Å²) in [4.78, 5) is 11.8. The summed E-state index contributed by atoms with van der Waals surface area (Å²) in [6, 6.07) is 5.00. The van der Waals surface area contributed by atoms with Gasteiger partial charge in [0.1, 0.15) is 5.82 Å². The van der Waals surface area contributed by atoms with E-state index in [1.165, 1.54) is 6.07 Å². The maximum atomic E-state index is 13.6. The fraction of sp³-hybridized carbons (Fsp3) is 0.562. The Morgan fingerprint density at radius 1 is 1.43 bits per heavy atom. The van der Waals surface area contributed by atoms with Gasteiger partial charge in [-0.2, -0.15) is 0 Å². The van der Waals surface area contributed by atoms with Crippen molar-refractivity contribution in [1.29, 1.82) is 0 Å². The molecule has 3 nitrogen and oxygen atoms in total. The number of halogens is 2. The molecule has 0 aliphatic heterocycles. The molecule has 5 heteroatoms. The lowest BCUT2D eigenvalue weighted by Gasteiger charge is -2.10. The van der Waals surface area contributed by atoms with Gasteiger partial charge < -0.3 is 11.1 Å². The van der Waals surface area contributed by atoms with Gasteiger partial charge in [-0.3, -0.25) is 4.79 Å². The van der Waals surface area contributed by atoms with Gasteiger partial charge in [0.2, 0.25) is 5.91 Å². The number of rotatable bonds is 4. The topological polar surface area (TPSA) is 55.1 Å². The molecule has 21 heavy (non-hydrogen) atoms. The molecule has 0 heterocycles. The lowest BCUT2D eigenvalue weighted by atomic mass is 10.0. The molecule has 0 spiro atoms. The Morgan fingerprint density at radius 3 is 2.76 bits per heavy atom. The molecule has 1 saturated carbocycles. The van der Waals surface area contributed by atoms with E-state index in [2.05, 4.69) is 5.32 Å². The molecular formula is C16H24ClFN2O. The van der Waals surface area contributed by atoms with Crippen molar-refractivity contribution < 1.29 is 9.18 Å². The fourth-order valence-corrected chi connectivity index (χ4v) is 2.71. The minimum absolute atomic E-state index is 0.0570. The Kier molecular flexibility index (Phi) is 7.68. The summed E-state index contributed by atoms with van der Waals surface area (Å²) in [6.07, 6.45) is 3.36. The molecular weight excluding hydrogens is 291 g/mol. The van der Waals surface area contributed by atoms with Gasteiger partial charge >= 0.3 is 0 Å². The molecule has 1 aliphatic carbocycles. The third-order valence-corrected chi connectivity index (χ3v) is 3.86. The Hall–Kier alpha value is -1.13. The Balaban J connectivity index is 0.00000106. The quantitative estimate of drug-likeness (QED) is 0.891. The second-order valence-corrected chi connectivity index (χ2v) is 5.54. The molecule has 2 unspecified atom stereocenters. The molecule has 1 aliphatic rings. The maximum Gasteiger partial charge on any atom is 0.220 e. The van der Waals surface area contributed by atoms with Crippen molar-refractivity contribution in [3.63, 3.8) is 0 Å². The predicted molar refractivity (Wildman–Crippen MR) is 84.5 cm³/mol. The molecule has 0 aromatic heterocycles. The highest BCUT2D eigenvalue weighted by Crippen LogP contribution is 2.26. The zero-order chi connectivity index (χ0) is 15.8. The highest BCUT2D eigenvalue weighted by atomic mass is 35.5. The van der Waals surface area contributed by atoms with Gasteiger partial charge in [-0.25, -0.2) is 4.39 Å². The molecule has 0 radical (unpaired) electrons. The average Bonchev–Trinajstić information content (AvgIpc) is 2.88. The van der Waals surface area contributed by atoms with Crippen LogP contribution in [-0.2, 0) is 11.3 Å². The van der Waals surface area contributed by atoms with Crippen LogP contribution < -0.4 is 11.1 Å². The molecule has 1 aromatic carbocycles. The van der Waals surface area contributed by atoms with Gasteiger partial charge in [-0.1, -0.05) is 37.6 Å². The summed E-state index contributed by atoms with van der Waals surface area (Å²) in [5, 5.41) is 2.81. The van der Waals surface area contributed by atoms with E-state index in [4.69, 9.17) is 17.3 Å². The summed E-state index contributed by atoms with van der Waals surface area (Å²) in [5.41, 5.74) is 6.21. The van der Waals surface area contributed by atoms with Crippen molar-refractivity contribution in [2.24, 2.45) is 11.7 Å². The van der Waals surface area contributed by atoms with Gasteiger partial charge in [0.25, 0.3) is 0 Å². The van der Waals surface area contributed by atoms with Gasteiger partial charge in [0, 0.05) is 24.6 Å². The number of hydrogen-bond acceptors (Lipinski definition) is 2. The normalized spacial score (nSPS) is 20.6. The van der Waals surface area contributed by atoms with Crippen molar-refractivity contribution in [1.82, 2.24) is 5.32 Å². The third-order valence-electron chi connectivity index (χ3n) is 3.56. The van der Waals surface area contributed by atoms with Crippen LogP contribution in [0.15, 0.2) is 18.2 Å². The van der Waals surface area contributed by atoms with Crippen molar-refractivity contribution in [3.05, 3.63) is 34.6 Å². The Labute approximate surface area is 131 Å². The first-order valence-electron chi connectivity index (χ1n) is 7.51. The third kappa shape index (κ3) is 5.64. The minimum atomic E-state index is -0.465. The number of carbonyl (C=O) groups excluding carboxylic acids is 1. The first-order valence-corrected chi connectivity index (χ1v) is 7.89. The molecule has 2 rings (SSSR count). The Morgan fingerprint density at radius 2 is 2.14 bits per heavy atom. The summed E-state index contributed by atoms with van der Waals surface area (Å²) in [5.74, 6) is -0.162. The highest BCUT2D eigenvalue weighted by molar-refractivity contribution is 6.30.